The number of hydrogen-bond donors (Lipinski definition) is 7. The van der Waals surface area contributed by atoms with Gasteiger partial charge in [0.1, 0.15) is 51.9 Å². The molecule has 6 amide bonds. The molecule has 38 heteroatoms. The number of carbonyl (C=O) groups excluding carboxylic acids is 10. The van der Waals surface area contributed by atoms with Crippen molar-refractivity contribution in [1.29, 1.82) is 0 Å². The number of ether oxygens (including phenoxy) is 13. The Labute approximate surface area is 877 Å². The summed E-state index contributed by atoms with van der Waals surface area (Å²) >= 11 is 0. The van der Waals surface area contributed by atoms with Gasteiger partial charge in [-0.1, -0.05) is 92.6 Å². The number of carboxylic acid groups (broad SMARTS) is 1. The summed E-state index contributed by atoms with van der Waals surface area (Å²) in [6.07, 6.45) is 18.3. The summed E-state index contributed by atoms with van der Waals surface area (Å²) in [5.74, 6) is 1.79. The van der Waals surface area contributed by atoms with Crippen LogP contribution in [0.3, 0.4) is 0 Å². The number of nitrogens with zero attached hydrogens (tertiary/aromatic N) is 7. The number of amides is 6. The average molecular weight is 2090 g/mol. The molecule has 1 aromatic heterocycles. The van der Waals surface area contributed by atoms with E-state index in [4.69, 9.17) is 76.9 Å². The van der Waals surface area contributed by atoms with Crippen molar-refractivity contribution in [2.24, 2.45) is 23.2 Å². The van der Waals surface area contributed by atoms with E-state index in [9.17, 15) is 63.0 Å². The van der Waals surface area contributed by atoms with E-state index in [2.05, 4.69) is 20.5 Å². The van der Waals surface area contributed by atoms with Gasteiger partial charge in [0.25, 0.3) is 6.47 Å². The van der Waals surface area contributed by atoms with Crippen molar-refractivity contribution in [3.8, 4) is 11.4 Å². The zero-order chi connectivity index (χ0) is 110. The largest absolute Gasteiger partial charge is 0.481 e. The number of hydrogen-bond acceptors (Lipinski definition) is 30. The minimum absolute atomic E-state index is 0.0159. The number of aliphatic hydroxyl groups excluding tert-OH is 4. The number of benzene rings is 3. The molecule has 1 unspecified atom stereocenters. The summed E-state index contributed by atoms with van der Waals surface area (Å²) < 4.78 is 69.8. The zero-order valence-electron chi connectivity index (χ0n) is 92.3. The second-order valence-corrected chi connectivity index (χ2v) is 44.6. The fourth-order valence-electron chi connectivity index (χ4n) is 18.4. The average Bonchev–Trinajstić information content (AvgIpc) is 0.745. The van der Waals surface area contributed by atoms with E-state index in [1.54, 1.807) is 65.5 Å². The number of esters is 2. The molecule has 3 saturated heterocycles. The Hall–Kier alpha value is -10.2. The van der Waals surface area contributed by atoms with Crippen LogP contribution in [-0.4, -0.2) is 323 Å². The van der Waals surface area contributed by atoms with Crippen LogP contribution in [0.2, 0.25) is 0 Å². The number of alkyl carbamates (subject to hydrolysis) is 2. The molecule has 148 heavy (non-hydrogen) atoms. The monoisotopic (exact) mass is 2090 g/mol. The number of aromatic nitrogens is 2. The number of likely N-dealkylation sites (tertiary alicyclic amines) is 3. The third kappa shape index (κ3) is 49.3. The van der Waals surface area contributed by atoms with Crippen LogP contribution in [0, 0.1) is 23.2 Å². The van der Waals surface area contributed by atoms with Gasteiger partial charge in [-0.2, -0.15) is 0 Å². The van der Waals surface area contributed by atoms with E-state index < -0.39 is 75.7 Å². The molecule has 9 aliphatic rings. The molecule has 9 fully saturated rings. The molecule has 838 valence electrons. The maximum Gasteiger partial charge on any atom is 0.420 e. The van der Waals surface area contributed by atoms with Crippen LogP contribution < -0.4 is 10.6 Å². The number of imidazole rings is 1. The van der Waals surface area contributed by atoms with Gasteiger partial charge >= 0.3 is 60.6 Å². The molecule has 13 rings (SSSR count). The Balaban J connectivity index is 0.000000301. The van der Waals surface area contributed by atoms with E-state index in [1.165, 1.54) is 40.7 Å². The Kier molecular flexibility index (Phi) is 55.3. The predicted molar refractivity (Wildman–Crippen MR) is 559 cm³/mol. The van der Waals surface area contributed by atoms with Gasteiger partial charge in [-0.15, -0.1) is 0 Å². The van der Waals surface area contributed by atoms with Gasteiger partial charge in [-0.25, -0.2) is 47.9 Å². The minimum atomic E-state index is -0.850. The predicted octanol–water partition coefficient (Wildman–Crippen LogP) is 18.0. The molecule has 3 aliphatic heterocycles. The number of para-hydroxylation sites is 2. The van der Waals surface area contributed by atoms with Crippen LogP contribution in [0.5, 0.6) is 0 Å². The van der Waals surface area contributed by atoms with Gasteiger partial charge in [-0.05, 0) is 294 Å². The molecule has 4 aromatic rings. The molecule has 0 spiro atoms. The highest BCUT2D eigenvalue weighted by Crippen LogP contribution is 2.61. The van der Waals surface area contributed by atoms with Crippen molar-refractivity contribution in [2.75, 3.05) is 126 Å². The smallest absolute Gasteiger partial charge is 0.420 e. The van der Waals surface area contributed by atoms with E-state index >= 15 is 0 Å². The van der Waals surface area contributed by atoms with Crippen molar-refractivity contribution in [3.05, 3.63) is 90.5 Å². The van der Waals surface area contributed by atoms with Crippen LogP contribution in [0.4, 0.5) is 33.6 Å². The fraction of sp³-hybridized carbons (Fsp3) is 0.727. The number of carboxylic acids is 1. The first kappa shape index (κ1) is 128. The number of unbranched alkanes of at least 4 members (excludes halogenated alkanes) is 1. The first-order valence-electron chi connectivity index (χ1n) is 52.9. The maximum atomic E-state index is 13.1. The number of methoxy groups -OCH3 is 2. The molecule has 0 radical (unpaired) electrons. The van der Waals surface area contributed by atoms with E-state index in [0.29, 0.717) is 136 Å². The number of nitrogens with one attached hydrogen (secondary N) is 2. The number of aliphatic hydroxyl groups is 4. The number of aliphatic carboxylic acids is 1. The molecule has 1 atom stereocenters. The third-order valence-electron chi connectivity index (χ3n) is 25.7. The van der Waals surface area contributed by atoms with Gasteiger partial charge in [-0.3, -0.25) is 29.1 Å². The lowest BCUT2D eigenvalue weighted by Crippen LogP contribution is -2.55. The molecule has 6 saturated carbocycles. The number of rotatable bonds is 31. The molecule has 7 N–H and O–H groups in total. The maximum absolute atomic E-state index is 13.1. The zero-order valence-corrected chi connectivity index (χ0v) is 92.3. The number of likely N-dealkylation sites (N-methyl/N-ethyl adjacent to an activating group) is 1. The van der Waals surface area contributed by atoms with Crippen molar-refractivity contribution < 1.29 is 140 Å². The van der Waals surface area contributed by atoms with Crippen molar-refractivity contribution >= 4 is 78.1 Å². The Morgan fingerprint density at radius 3 is 1.50 bits per heavy atom. The van der Waals surface area contributed by atoms with Gasteiger partial charge in [0.05, 0.1) is 75.4 Å². The molecule has 38 nitrogen and oxygen atoms in total. The molecule has 4 bridgehead atoms. The summed E-state index contributed by atoms with van der Waals surface area (Å²) in [4.78, 5) is 142. The summed E-state index contributed by atoms with van der Waals surface area (Å²) in [6.45, 7) is 42.6. The fourth-order valence-corrected chi connectivity index (χ4v) is 18.4. The highest BCUT2D eigenvalue weighted by Gasteiger charge is 2.56. The molecular weight excluding hydrogens is 1910 g/mol. The summed E-state index contributed by atoms with van der Waals surface area (Å²) in [7, 11) is 4.65. The van der Waals surface area contributed by atoms with Crippen LogP contribution in [0.15, 0.2) is 84.9 Å². The van der Waals surface area contributed by atoms with Crippen molar-refractivity contribution in [1.82, 2.24) is 44.7 Å². The van der Waals surface area contributed by atoms with E-state index in [-0.39, 0.29) is 86.2 Å². The van der Waals surface area contributed by atoms with Gasteiger partial charge < -0.3 is 108 Å². The first-order valence-corrected chi connectivity index (χ1v) is 52.9. The number of carbonyl (C=O) groups is 11. The van der Waals surface area contributed by atoms with Gasteiger partial charge in [0.15, 0.2) is 12.1 Å². The van der Waals surface area contributed by atoms with Gasteiger partial charge in [0, 0.05) is 104 Å². The SMILES string of the molecule is CC(C)(C)OC(=O)N1CCC(O)CC1.CC(C)(C)OC(=O)N1CCCCC1OC=O.CC(C)(C)OC(=O)NC1CCC(OC(=O)C23CC4CC(CC(C4)C2)C3)CC1.CC(C)(C)OC(=O)NCCCCC(=O)O.CCC(C)(C)OC(=O)N1CCC(O)CC1.COC(=O)C1(N(C)C(=O)OC(C)(C)C)CCCC1.COCCCN(CCOCCO)CCOCCO.O=C(OCc1ccccc1)n1c(-c2ccccc2)nc2ccccc21. The number of piperidine rings is 3. The van der Waals surface area contributed by atoms with Crippen molar-refractivity contribution in [3.63, 3.8) is 0 Å². The van der Waals surface area contributed by atoms with Crippen LogP contribution in [0.25, 0.3) is 22.4 Å². The molecule has 3 aromatic carbocycles. The lowest BCUT2D eigenvalue weighted by molar-refractivity contribution is -0.178. The normalized spacial score (nSPS) is 20.0. The summed E-state index contributed by atoms with van der Waals surface area (Å²) in [5, 5.41) is 49.7. The quantitative estimate of drug-likeness (QED) is 0.0106. The van der Waals surface area contributed by atoms with E-state index in [1.807, 2.05) is 168 Å². The Morgan fingerprint density at radius 2 is 1.01 bits per heavy atom. The van der Waals surface area contributed by atoms with Crippen LogP contribution >= 0.6 is 0 Å². The Morgan fingerprint density at radius 1 is 0.520 bits per heavy atom. The van der Waals surface area contributed by atoms with E-state index in [0.717, 1.165) is 150 Å². The lowest BCUT2D eigenvalue weighted by Gasteiger charge is -2.55. The second-order valence-electron chi connectivity index (χ2n) is 44.6. The molecule has 6 aliphatic carbocycles. The third-order valence-corrected chi connectivity index (χ3v) is 25.7. The minimum Gasteiger partial charge on any atom is -0.481 e. The van der Waals surface area contributed by atoms with Crippen molar-refractivity contribution in [2.45, 2.75) is 368 Å². The second kappa shape index (κ2) is 63.8. The molecule has 4 heterocycles. The standard InChI is InChI=1S/C22H35NO4.C21H16N2O2.C13H23NO4.C12H27NO5.C11H19NO4.C11H21NO3.C10H19NO4.C10H19NO3/c1-21(2,3)27-20(25)23-17-4-6-18(7-5-17)26-19(24)22-11-14-8-15(12-22)10-16(9-14)13-22;24-21(25-15-16-9-3-1-4-10-16)23-19-14-8-7-13-18(19)22-20(23)17-11-5-2-6-12-17;1-12(2,3)18-11(16)14(4)13(10(15)17-5)8-6-7-9-13;1-16-8-2-3-13(4-9-17-11-6-14)5-10-18-12-7-15;1-11(2,3)16-10(14)12-7-5-4-6-9(12)15-8-13;1-4-11(2,3)15-10(14)12-7-5-9(13)6-8-12;1-10(2,3)15-9(14)11-7-5-4-6-8(12)13;1-10(2,3)14-9(13)11-6-4-8(12)5-7-11/h14-18H,4-13H2,1-3H3,(H,23,25);1-14H,15H2;6-9H2,1-5H3;14-15H,2-12H2,1H3;8-9H,4-7H2,1-3H3;9,13H,4-8H2,1-3H3;4-7H2,1-3H3,(H,11,14)(H,12,13);8,12H,4-7H2,1-3H3. The highest BCUT2D eigenvalue weighted by atomic mass is 16.6. The topological polar surface area (TPSA) is 467 Å². The number of fused-ring (bicyclic) bond motifs is 1. The Bertz CT molecular complexity index is 4520. The van der Waals surface area contributed by atoms with Crippen LogP contribution in [0.1, 0.15) is 297 Å². The highest BCUT2D eigenvalue weighted by molar-refractivity contribution is 5.92. The van der Waals surface area contributed by atoms with Gasteiger partial charge in [0.2, 0.25) is 0 Å². The molecular formula is C110H179N9O29. The first-order chi connectivity index (χ1) is 69.7. The summed E-state index contributed by atoms with van der Waals surface area (Å²) in [5.41, 5.74) is -0.603. The van der Waals surface area contributed by atoms with Crippen LogP contribution in [-0.2, 0) is 87.4 Å². The summed E-state index contributed by atoms with van der Waals surface area (Å²) in [6, 6.07) is 27.0. The lowest BCUT2D eigenvalue weighted by atomic mass is 9.49.